The first-order chi connectivity index (χ1) is 60.7. The van der Waals surface area contributed by atoms with Crippen LogP contribution in [0.2, 0.25) is 0 Å². The van der Waals surface area contributed by atoms with Gasteiger partial charge in [0.05, 0.1) is 5.41 Å². The van der Waals surface area contributed by atoms with E-state index in [1.165, 1.54) is 175 Å². The minimum Gasteiger partial charge on any atom is -0.171 e. The lowest BCUT2D eigenvalue weighted by Crippen LogP contribution is -2.34. The Morgan fingerprint density at radius 1 is 0.213 bits per heavy atom. The van der Waals surface area contributed by atoms with E-state index in [0.717, 1.165) is 29.9 Å². The summed E-state index contributed by atoms with van der Waals surface area (Å²) < 4.78 is 38.7. The Bertz CT molecular complexity index is 5690. The van der Waals surface area contributed by atoms with Gasteiger partial charge >= 0.3 is 6.18 Å². The van der Waals surface area contributed by atoms with Crippen molar-refractivity contribution in [3.63, 3.8) is 0 Å². The SMILES string of the molecule is C.C.C.C.C.C.C.C.Cc1c(C(C)C)cc(C(C)C)cc1C(C)C.Cc1ccc(-c2ccc(C)c(C)c2)cc1.Cc1ccc(-c2ccc(C)cc2)cc1.Cc1ccc(-c2ccc(CC(C)(C)C(F)(F)F)cc2)cc1.Cc1ccc(-c2ccc(CC(C)(C)C)cc2)cc1.Cc1ccc(-c2ccc(CC(C)C)cc2)cc1.Cc1ccc(-c2ccccc2)cc1.Cc1ccc(-c2ccccc2)cc1C. The van der Waals surface area contributed by atoms with E-state index in [1.807, 2.05) is 55.5 Å². The molecule has 0 nitrogen and oxygen atoms in total. The maximum Gasteiger partial charge on any atom is 0.394 e. The van der Waals surface area contributed by atoms with Gasteiger partial charge in [0.1, 0.15) is 0 Å². The molecule has 0 unspecified atom stereocenters. The molecule has 0 aromatic heterocycles. The zero-order valence-electron chi connectivity index (χ0n) is 81.6. The molecule has 0 aliphatic rings. The number of aryl methyl sites for hydroxylation is 11. The maximum absolute atomic E-state index is 12.9. The minimum absolute atomic E-state index is 0. The summed E-state index contributed by atoms with van der Waals surface area (Å²) in [6.07, 6.45) is -1.91. The third-order valence-electron chi connectivity index (χ3n) is 23.3. The van der Waals surface area contributed by atoms with Gasteiger partial charge in [0.15, 0.2) is 0 Å². The maximum atomic E-state index is 12.9. The van der Waals surface area contributed by atoms with Gasteiger partial charge in [-0.25, -0.2) is 0 Å². The van der Waals surface area contributed by atoms with Crippen LogP contribution in [0.25, 0.3) is 77.9 Å². The molecule has 0 atom stereocenters. The van der Waals surface area contributed by atoms with Crippen molar-refractivity contribution in [1.82, 2.24) is 0 Å². The number of rotatable bonds is 15. The molecule has 728 valence electrons. The normalized spacial score (nSPS) is 10.4. The second kappa shape index (κ2) is 59.8. The molecule has 0 saturated carbocycles. The summed E-state index contributed by atoms with van der Waals surface area (Å²) in [5.74, 6) is 2.59. The van der Waals surface area contributed by atoms with Gasteiger partial charge in [-0.2, -0.15) is 13.2 Å². The fraction of sp³-hybridized carbons (Fsp3) is 0.323. The van der Waals surface area contributed by atoms with E-state index in [1.54, 1.807) is 12.1 Å². The standard InChI is InChI=1S/C18H19F3.C18H22.C17H20.C16H26.C15H16.2C14H14.C13H12.8CH4/c1-13-4-8-15(9-5-13)16-10-6-14(7-11-16)12-17(2,3)18(19,20)21;1-14-5-9-16(10-6-14)17-11-7-15(8-12-17)13-18(2,3)4;1-13(2)12-15-6-10-17(11-7-15)16-8-4-14(3)5-9-16;1-10(2)14-8-15(11(3)4)13(7)16(9-14)12(5)6;1-11-4-7-14(8-5-11)15-9-6-12(2)13(3)10-15;1-11-3-7-13(8-4-11)14-9-5-12(2)6-10-14;1-11-8-9-14(10-12(11)2)13-6-4-3-5-7-13;1-11-7-9-13(10-8-11)12-5-3-2-4-6-12;;;;;;;;/h4-11H,12H2,1-3H3;5-12H,13H2,1-4H3;4-11,13H,12H2,1-3H3;8-12H,1-7H3;4-10H,1-3H3;2*3-10H,1-2H3;2-10H,1H3;8*1H4. The van der Waals surface area contributed by atoms with Gasteiger partial charge in [-0.15, -0.1) is 0 Å². The molecule has 15 rings (SSSR count). The van der Waals surface area contributed by atoms with E-state index in [-0.39, 0.29) is 65.8 Å². The average Bonchev–Trinajstić information content (AvgIpc) is 0.802. The van der Waals surface area contributed by atoms with E-state index >= 15 is 0 Å². The largest absolute Gasteiger partial charge is 0.394 e. The molecule has 0 bridgehead atoms. The van der Waals surface area contributed by atoms with Crippen LogP contribution < -0.4 is 0 Å². The number of hydrogen-bond acceptors (Lipinski definition) is 0. The topological polar surface area (TPSA) is 0 Å². The van der Waals surface area contributed by atoms with Crippen molar-refractivity contribution in [1.29, 1.82) is 0 Å². The van der Waals surface area contributed by atoms with Gasteiger partial charge in [0.25, 0.3) is 0 Å². The summed E-state index contributed by atoms with van der Waals surface area (Å²) in [5, 5.41) is 0. The quantitative estimate of drug-likeness (QED) is 0.0960. The predicted molar refractivity (Wildman–Crippen MR) is 608 cm³/mol. The monoisotopic (exact) mass is 1830 g/mol. The molecular weight excluding hydrogens is 1650 g/mol. The molecule has 136 heavy (non-hydrogen) atoms. The first-order valence-electron chi connectivity index (χ1n) is 45.9. The summed E-state index contributed by atoms with van der Waals surface area (Å²) >= 11 is 0. The summed E-state index contributed by atoms with van der Waals surface area (Å²) in [4.78, 5) is 0. The molecule has 3 heteroatoms. The minimum atomic E-state index is -4.19. The summed E-state index contributed by atoms with van der Waals surface area (Å²) in [6.45, 7) is 53.1. The van der Waals surface area contributed by atoms with Crippen molar-refractivity contribution < 1.29 is 13.2 Å². The highest BCUT2D eigenvalue weighted by Crippen LogP contribution is 2.41. The van der Waals surface area contributed by atoms with Crippen molar-refractivity contribution >= 4 is 0 Å². The van der Waals surface area contributed by atoms with Crippen LogP contribution in [0.15, 0.2) is 352 Å². The Morgan fingerprint density at radius 2 is 0.419 bits per heavy atom. The van der Waals surface area contributed by atoms with E-state index in [4.69, 9.17) is 0 Å². The van der Waals surface area contributed by atoms with Crippen LogP contribution in [-0.2, 0) is 19.3 Å². The Labute approximate surface area is 830 Å². The van der Waals surface area contributed by atoms with Crippen LogP contribution in [0.1, 0.15) is 267 Å². The fourth-order valence-electron chi connectivity index (χ4n) is 14.8. The molecule has 0 saturated heterocycles. The van der Waals surface area contributed by atoms with Crippen molar-refractivity contribution in [2.45, 2.75) is 276 Å². The van der Waals surface area contributed by atoms with Gasteiger partial charge in [-0.05, 0) is 271 Å². The highest BCUT2D eigenvalue weighted by molar-refractivity contribution is 5.70. The lowest BCUT2D eigenvalue weighted by atomic mass is 9.85. The van der Waals surface area contributed by atoms with Crippen molar-refractivity contribution in [3.8, 4) is 77.9 Å². The summed E-state index contributed by atoms with van der Waals surface area (Å²) in [7, 11) is 0. The van der Waals surface area contributed by atoms with Crippen LogP contribution in [0.5, 0.6) is 0 Å². The Kier molecular flexibility index (Phi) is 54.6. The van der Waals surface area contributed by atoms with Crippen LogP contribution in [0.4, 0.5) is 13.2 Å². The van der Waals surface area contributed by atoms with Gasteiger partial charge in [-0.3, -0.25) is 0 Å². The molecule has 0 spiro atoms. The van der Waals surface area contributed by atoms with Gasteiger partial charge in [0, 0.05) is 0 Å². The number of alkyl halides is 3. The Morgan fingerprint density at radius 3 is 0.632 bits per heavy atom. The summed E-state index contributed by atoms with van der Waals surface area (Å²) in [6, 6.07) is 124. The molecule has 0 heterocycles. The van der Waals surface area contributed by atoms with Crippen LogP contribution in [-0.4, -0.2) is 6.18 Å². The fourth-order valence-corrected chi connectivity index (χ4v) is 14.8. The van der Waals surface area contributed by atoms with Crippen molar-refractivity contribution in [3.05, 3.63) is 452 Å². The second-order valence-electron chi connectivity index (χ2n) is 38.2. The van der Waals surface area contributed by atoms with E-state index < -0.39 is 11.6 Å². The second-order valence-corrected chi connectivity index (χ2v) is 38.2. The third kappa shape index (κ3) is 40.9. The van der Waals surface area contributed by atoms with Crippen LogP contribution >= 0.6 is 0 Å². The number of benzene rings is 15. The molecular formula is C133H175F3. The molecule has 15 aromatic carbocycles. The molecule has 0 aliphatic heterocycles. The van der Waals surface area contributed by atoms with E-state index in [9.17, 15) is 13.2 Å². The van der Waals surface area contributed by atoms with E-state index in [2.05, 4.69) is 444 Å². The van der Waals surface area contributed by atoms with Gasteiger partial charge in [-0.1, -0.05) is 540 Å². The zero-order chi connectivity index (χ0) is 93.4. The molecule has 0 radical (unpaired) electrons. The lowest BCUT2D eigenvalue weighted by molar-refractivity contribution is -0.211. The average molecular weight is 1830 g/mol. The highest BCUT2D eigenvalue weighted by atomic mass is 19.4. The number of halogens is 3. The first-order valence-corrected chi connectivity index (χ1v) is 45.9. The predicted octanol–water partition coefficient (Wildman–Crippen LogP) is 42.2. The number of hydrogen-bond donors (Lipinski definition) is 0. The molecule has 0 N–H and O–H groups in total. The van der Waals surface area contributed by atoms with Crippen LogP contribution in [0, 0.1) is 99.8 Å². The molecule has 15 aromatic rings. The molecule has 0 aliphatic carbocycles. The lowest BCUT2D eigenvalue weighted by Gasteiger charge is -2.27. The van der Waals surface area contributed by atoms with E-state index in [0.29, 0.717) is 28.7 Å². The van der Waals surface area contributed by atoms with Gasteiger partial charge < -0.3 is 0 Å². The Balaban J connectivity index is 0.00000152. The summed E-state index contributed by atoms with van der Waals surface area (Å²) in [5.41, 5.74) is 40.3. The highest BCUT2D eigenvalue weighted by Gasteiger charge is 2.47. The van der Waals surface area contributed by atoms with Crippen molar-refractivity contribution in [2.75, 3.05) is 0 Å². The van der Waals surface area contributed by atoms with Crippen LogP contribution in [0.3, 0.4) is 0 Å². The smallest absolute Gasteiger partial charge is 0.171 e. The third-order valence-corrected chi connectivity index (χ3v) is 23.3. The zero-order valence-corrected chi connectivity index (χ0v) is 81.6. The molecule has 0 amide bonds. The molecule has 0 fully saturated rings. The first kappa shape index (κ1) is 124. The van der Waals surface area contributed by atoms with Gasteiger partial charge in [0.2, 0.25) is 0 Å². The Hall–Kier alpha value is -11.9. The van der Waals surface area contributed by atoms with Crippen molar-refractivity contribution in [2.24, 2.45) is 16.7 Å².